The number of carbonyl (C=O) groups excluding carboxylic acids is 1. The molecule has 3 rings (SSSR count). The Morgan fingerprint density at radius 3 is 2.65 bits per heavy atom. The number of benzene rings is 1. The number of aryl methyl sites for hydroxylation is 1. The number of hydrogen-bond acceptors (Lipinski definition) is 6. The fraction of sp³-hybridized carbons (Fsp3) is 0.421. The summed E-state index contributed by atoms with van der Waals surface area (Å²) in [6, 6.07) is 5.85. The van der Waals surface area contributed by atoms with Gasteiger partial charge in [-0.25, -0.2) is 9.97 Å². The first kappa shape index (κ1) is 18.5. The molecule has 0 bridgehead atoms. The molecule has 0 radical (unpaired) electrons. The summed E-state index contributed by atoms with van der Waals surface area (Å²) in [5.74, 6) is 0.872. The van der Waals surface area contributed by atoms with Gasteiger partial charge in [0.05, 0.1) is 5.75 Å². The number of rotatable bonds is 8. The second-order valence-electron chi connectivity index (χ2n) is 6.11. The number of thioether (sulfide) groups is 1. The zero-order valence-corrected chi connectivity index (χ0v) is 16.1. The molecule has 0 spiro atoms. The zero-order valence-electron chi connectivity index (χ0n) is 15.3. The standard InChI is InChI=1S/C19H23N3O3S/c1-4-9-22(10-5-2)18(23)14-11-24-16(20-14)12-26-19-21-17-13(3)7-6-8-15(17)25-19/h6-8,11H,4-5,9-10,12H2,1-3H3. The lowest BCUT2D eigenvalue weighted by atomic mass is 10.2. The Balaban J connectivity index is 1.66. The Bertz CT molecular complexity index is 881. The summed E-state index contributed by atoms with van der Waals surface area (Å²) in [6.45, 7) is 7.58. The monoisotopic (exact) mass is 373 g/mol. The second-order valence-corrected chi connectivity index (χ2v) is 7.04. The molecule has 0 N–H and O–H groups in total. The summed E-state index contributed by atoms with van der Waals surface area (Å²) >= 11 is 1.40. The molecule has 0 saturated heterocycles. The van der Waals surface area contributed by atoms with Gasteiger partial charge in [-0.2, -0.15) is 0 Å². The minimum absolute atomic E-state index is 0.0776. The SMILES string of the molecule is CCCN(CCC)C(=O)c1coc(CSc2nc3c(C)cccc3o2)n1. The van der Waals surface area contributed by atoms with E-state index in [1.807, 2.05) is 30.0 Å². The third kappa shape index (κ3) is 4.09. The van der Waals surface area contributed by atoms with Crippen molar-refractivity contribution in [2.75, 3.05) is 13.1 Å². The van der Waals surface area contributed by atoms with Crippen LogP contribution in [0, 0.1) is 6.92 Å². The molecule has 7 heteroatoms. The minimum Gasteiger partial charge on any atom is -0.447 e. The molecule has 138 valence electrons. The highest BCUT2D eigenvalue weighted by molar-refractivity contribution is 7.98. The van der Waals surface area contributed by atoms with Crippen LogP contribution in [-0.4, -0.2) is 33.9 Å². The zero-order chi connectivity index (χ0) is 18.5. The molecule has 3 aromatic rings. The molecular weight excluding hydrogens is 350 g/mol. The average Bonchev–Trinajstić information content (AvgIpc) is 3.26. The third-order valence-corrected chi connectivity index (χ3v) is 4.78. The van der Waals surface area contributed by atoms with Crippen molar-refractivity contribution in [1.29, 1.82) is 0 Å². The van der Waals surface area contributed by atoms with Gasteiger partial charge in [0.1, 0.15) is 11.8 Å². The number of oxazole rings is 2. The molecule has 0 fully saturated rings. The van der Waals surface area contributed by atoms with E-state index in [0.717, 1.165) is 42.6 Å². The third-order valence-electron chi connectivity index (χ3n) is 3.97. The molecule has 1 amide bonds. The molecule has 2 heterocycles. The van der Waals surface area contributed by atoms with Gasteiger partial charge in [0.25, 0.3) is 11.1 Å². The Labute approximate surface area is 157 Å². The van der Waals surface area contributed by atoms with Gasteiger partial charge in [-0.05, 0) is 31.4 Å². The molecular formula is C19H23N3O3S. The summed E-state index contributed by atoms with van der Waals surface area (Å²) in [5.41, 5.74) is 3.07. The van der Waals surface area contributed by atoms with E-state index in [2.05, 4.69) is 23.8 Å². The van der Waals surface area contributed by atoms with E-state index >= 15 is 0 Å². The predicted molar refractivity (Wildman–Crippen MR) is 101 cm³/mol. The quantitative estimate of drug-likeness (QED) is 0.534. The average molecular weight is 373 g/mol. The van der Waals surface area contributed by atoms with Gasteiger partial charge < -0.3 is 13.7 Å². The molecule has 26 heavy (non-hydrogen) atoms. The molecule has 0 atom stereocenters. The maximum atomic E-state index is 12.5. The van der Waals surface area contributed by atoms with Crippen LogP contribution in [0.2, 0.25) is 0 Å². The predicted octanol–water partition coefficient (Wildman–Crippen LogP) is 4.68. The van der Waals surface area contributed by atoms with Crippen molar-refractivity contribution in [3.05, 3.63) is 41.6 Å². The Morgan fingerprint density at radius 2 is 1.96 bits per heavy atom. The smallest absolute Gasteiger partial charge is 0.275 e. The van der Waals surface area contributed by atoms with Crippen LogP contribution in [0.25, 0.3) is 11.1 Å². The summed E-state index contributed by atoms with van der Waals surface area (Å²) < 4.78 is 11.2. The van der Waals surface area contributed by atoms with E-state index in [9.17, 15) is 4.79 Å². The topological polar surface area (TPSA) is 72.4 Å². The van der Waals surface area contributed by atoms with Crippen LogP contribution in [-0.2, 0) is 5.75 Å². The van der Waals surface area contributed by atoms with Gasteiger partial charge in [-0.3, -0.25) is 4.79 Å². The van der Waals surface area contributed by atoms with Crippen LogP contribution in [0.5, 0.6) is 0 Å². The molecule has 0 aliphatic rings. The summed E-state index contributed by atoms with van der Waals surface area (Å²) in [7, 11) is 0. The van der Waals surface area contributed by atoms with Crippen LogP contribution in [0.1, 0.15) is 48.6 Å². The van der Waals surface area contributed by atoms with Crippen LogP contribution in [0.3, 0.4) is 0 Å². The molecule has 0 aliphatic carbocycles. The van der Waals surface area contributed by atoms with Crippen molar-refractivity contribution in [2.45, 2.75) is 44.6 Å². The van der Waals surface area contributed by atoms with Gasteiger partial charge in [0.2, 0.25) is 5.89 Å². The van der Waals surface area contributed by atoms with Crippen molar-refractivity contribution in [3.63, 3.8) is 0 Å². The highest BCUT2D eigenvalue weighted by Gasteiger charge is 2.19. The maximum absolute atomic E-state index is 12.5. The number of aromatic nitrogens is 2. The number of hydrogen-bond donors (Lipinski definition) is 0. The van der Waals surface area contributed by atoms with Gasteiger partial charge in [-0.1, -0.05) is 37.7 Å². The molecule has 0 unspecified atom stereocenters. The first-order chi connectivity index (χ1) is 12.6. The van der Waals surface area contributed by atoms with Crippen molar-refractivity contribution in [1.82, 2.24) is 14.9 Å². The lowest BCUT2D eigenvalue weighted by molar-refractivity contribution is 0.0749. The lowest BCUT2D eigenvalue weighted by Crippen LogP contribution is -2.32. The summed E-state index contributed by atoms with van der Waals surface area (Å²) in [6.07, 6.45) is 3.28. The van der Waals surface area contributed by atoms with Crippen LogP contribution in [0.4, 0.5) is 0 Å². The van der Waals surface area contributed by atoms with Crippen molar-refractivity contribution >= 4 is 28.8 Å². The van der Waals surface area contributed by atoms with Crippen LogP contribution >= 0.6 is 11.8 Å². The van der Waals surface area contributed by atoms with Gasteiger partial charge in [-0.15, -0.1) is 0 Å². The van der Waals surface area contributed by atoms with Crippen molar-refractivity contribution in [3.8, 4) is 0 Å². The fourth-order valence-corrected chi connectivity index (χ4v) is 3.43. The Hall–Kier alpha value is -2.28. The highest BCUT2D eigenvalue weighted by Crippen LogP contribution is 2.27. The summed E-state index contributed by atoms with van der Waals surface area (Å²) in [4.78, 5) is 23.2. The summed E-state index contributed by atoms with van der Waals surface area (Å²) in [5, 5.41) is 0.568. The van der Waals surface area contributed by atoms with E-state index in [1.54, 1.807) is 0 Å². The van der Waals surface area contributed by atoms with E-state index < -0.39 is 0 Å². The lowest BCUT2D eigenvalue weighted by Gasteiger charge is -2.19. The molecule has 0 aliphatic heterocycles. The number of amides is 1. The number of nitrogens with zero attached hydrogens (tertiary/aromatic N) is 3. The molecule has 6 nitrogen and oxygen atoms in total. The highest BCUT2D eigenvalue weighted by atomic mass is 32.2. The normalized spacial score (nSPS) is 11.2. The molecule has 2 aromatic heterocycles. The van der Waals surface area contributed by atoms with Gasteiger partial charge >= 0.3 is 0 Å². The van der Waals surface area contributed by atoms with Gasteiger partial charge in [0, 0.05) is 13.1 Å². The minimum atomic E-state index is -0.0776. The Morgan fingerprint density at radius 1 is 1.19 bits per heavy atom. The molecule has 1 aromatic carbocycles. The van der Waals surface area contributed by atoms with E-state index in [4.69, 9.17) is 8.83 Å². The number of carbonyl (C=O) groups is 1. The van der Waals surface area contributed by atoms with Crippen molar-refractivity contribution in [2.24, 2.45) is 0 Å². The van der Waals surface area contributed by atoms with Crippen molar-refractivity contribution < 1.29 is 13.6 Å². The maximum Gasteiger partial charge on any atom is 0.275 e. The fourth-order valence-electron chi connectivity index (χ4n) is 2.74. The number of fused-ring (bicyclic) bond motifs is 1. The first-order valence-electron chi connectivity index (χ1n) is 8.85. The number of para-hydroxylation sites is 1. The van der Waals surface area contributed by atoms with Crippen LogP contribution < -0.4 is 0 Å². The Kier molecular flexibility index (Phi) is 5.98. The largest absolute Gasteiger partial charge is 0.447 e. The van der Waals surface area contributed by atoms with E-state index in [1.165, 1.54) is 18.0 Å². The van der Waals surface area contributed by atoms with E-state index in [-0.39, 0.29) is 5.91 Å². The molecule has 0 saturated carbocycles. The second kappa shape index (κ2) is 8.40. The van der Waals surface area contributed by atoms with E-state index in [0.29, 0.717) is 22.6 Å². The van der Waals surface area contributed by atoms with Gasteiger partial charge in [0.15, 0.2) is 11.3 Å². The van der Waals surface area contributed by atoms with Crippen LogP contribution in [0.15, 0.2) is 38.5 Å². The first-order valence-corrected chi connectivity index (χ1v) is 9.83.